The number of nitrogens with zero attached hydrogens (tertiary/aromatic N) is 2. The first-order chi connectivity index (χ1) is 16.3. The zero-order valence-electron chi connectivity index (χ0n) is 20.2. The van der Waals surface area contributed by atoms with Crippen molar-refractivity contribution in [2.24, 2.45) is 0 Å². The number of hydrogen-bond donors (Lipinski definition) is 1. The second-order valence-electron chi connectivity index (χ2n) is 9.17. The molecule has 34 heavy (non-hydrogen) atoms. The fourth-order valence-electron chi connectivity index (χ4n) is 4.48. The first-order valence-electron chi connectivity index (χ1n) is 11.8. The minimum atomic E-state index is -0.700. The number of ether oxygens (including phenoxy) is 2. The van der Waals surface area contributed by atoms with Crippen LogP contribution in [-0.2, 0) is 16.0 Å². The van der Waals surface area contributed by atoms with E-state index in [1.165, 1.54) is 0 Å². The fourth-order valence-corrected chi connectivity index (χ4v) is 4.48. The molecule has 1 fully saturated rings. The van der Waals surface area contributed by atoms with Gasteiger partial charge < -0.3 is 24.4 Å². The predicted octanol–water partition coefficient (Wildman–Crippen LogP) is 3.78. The van der Waals surface area contributed by atoms with Crippen LogP contribution in [0.4, 0.5) is 0 Å². The van der Waals surface area contributed by atoms with Crippen LogP contribution in [0, 0.1) is 0 Å². The number of fused-ring (bicyclic) bond motifs is 1. The Bertz CT molecular complexity index is 1120. The lowest BCUT2D eigenvalue weighted by Gasteiger charge is -2.27. The summed E-state index contributed by atoms with van der Waals surface area (Å²) < 4.78 is 11.6. The monoisotopic (exact) mass is 464 g/mol. The number of likely N-dealkylation sites (N-methyl/N-ethyl adjacent to an activating group) is 1. The molecule has 7 nitrogen and oxygen atoms in total. The molecular weight excluding hydrogens is 432 g/mol. The van der Waals surface area contributed by atoms with Crippen LogP contribution in [-0.4, -0.2) is 66.5 Å². The standard InChI is InChI=1S/C27H32N2O5/c1-5-13-33-21-8-6-7-18(16-21)24-23(26(31)27(32)29(24)12-11-28(3)4)25(30)19-9-10-22-20(15-19)14-17(2)34-22/h6-10,15-17,24,30H,5,11-14H2,1-4H3/t17-,24-/m0/s1. The van der Waals surface area contributed by atoms with Crippen molar-refractivity contribution in [3.05, 3.63) is 64.7 Å². The highest BCUT2D eigenvalue weighted by Crippen LogP contribution is 2.41. The molecule has 7 heteroatoms. The first kappa shape index (κ1) is 23.8. The van der Waals surface area contributed by atoms with Crippen LogP contribution in [0.1, 0.15) is 43.0 Å². The Labute approximate surface area is 200 Å². The molecule has 180 valence electrons. The zero-order chi connectivity index (χ0) is 24.4. The van der Waals surface area contributed by atoms with Crippen molar-refractivity contribution in [2.75, 3.05) is 33.8 Å². The van der Waals surface area contributed by atoms with Gasteiger partial charge in [-0.15, -0.1) is 0 Å². The van der Waals surface area contributed by atoms with Crippen molar-refractivity contribution < 1.29 is 24.2 Å². The van der Waals surface area contributed by atoms with Crippen molar-refractivity contribution in [3.8, 4) is 11.5 Å². The zero-order valence-corrected chi connectivity index (χ0v) is 20.2. The van der Waals surface area contributed by atoms with E-state index in [9.17, 15) is 14.7 Å². The third kappa shape index (κ3) is 4.66. The Morgan fingerprint density at radius 1 is 1.21 bits per heavy atom. The Morgan fingerprint density at radius 3 is 2.74 bits per heavy atom. The number of benzene rings is 2. The van der Waals surface area contributed by atoms with E-state index in [-0.39, 0.29) is 17.4 Å². The number of carbonyl (C=O) groups is 2. The van der Waals surface area contributed by atoms with Crippen LogP contribution in [0.15, 0.2) is 48.0 Å². The number of likely N-dealkylation sites (tertiary alicyclic amines) is 1. The van der Waals surface area contributed by atoms with Crippen LogP contribution in [0.3, 0.4) is 0 Å². The summed E-state index contributed by atoms with van der Waals surface area (Å²) >= 11 is 0. The molecule has 1 saturated heterocycles. The molecule has 2 aliphatic rings. The van der Waals surface area contributed by atoms with E-state index in [4.69, 9.17) is 9.47 Å². The van der Waals surface area contributed by atoms with Gasteiger partial charge in [0.15, 0.2) is 0 Å². The van der Waals surface area contributed by atoms with Crippen LogP contribution in [0.25, 0.3) is 5.76 Å². The topological polar surface area (TPSA) is 79.3 Å². The molecule has 2 aromatic rings. The summed E-state index contributed by atoms with van der Waals surface area (Å²) in [6, 6.07) is 12.1. The van der Waals surface area contributed by atoms with Gasteiger partial charge in [0.05, 0.1) is 18.2 Å². The lowest BCUT2D eigenvalue weighted by atomic mass is 9.94. The van der Waals surface area contributed by atoms with E-state index in [1.807, 2.05) is 69.2 Å². The molecule has 0 aromatic heterocycles. The van der Waals surface area contributed by atoms with Gasteiger partial charge in [-0.3, -0.25) is 9.59 Å². The molecule has 0 saturated carbocycles. The second kappa shape index (κ2) is 9.89. The summed E-state index contributed by atoms with van der Waals surface area (Å²) in [5.74, 6) is 0.00426. The van der Waals surface area contributed by atoms with Gasteiger partial charge in [0.2, 0.25) is 0 Å². The smallest absolute Gasteiger partial charge is 0.295 e. The number of carbonyl (C=O) groups excluding carboxylic acids is 2. The average molecular weight is 465 g/mol. The van der Waals surface area contributed by atoms with Crippen molar-refractivity contribution in [1.29, 1.82) is 0 Å². The second-order valence-corrected chi connectivity index (χ2v) is 9.17. The highest BCUT2D eigenvalue weighted by atomic mass is 16.5. The van der Waals surface area contributed by atoms with Gasteiger partial charge in [0.1, 0.15) is 23.4 Å². The van der Waals surface area contributed by atoms with E-state index in [0.29, 0.717) is 31.0 Å². The van der Waals surface area contributed by atoms with E-state index in [0.717, 1.165) is 29.7 Å². The first-order valence-corrected chi connectivity index (χ1v) is 11.8. The van der Waals surface area contributed by atoms with Crippen molar-refractivity contribution in [1.82, 2.24) is 9.80 Å². The van der Waals surface area contributed by atoms with Crippen LogP contribution in [0.5, 0.6) is 11.5 Å². The maximum Gasteiger partial charge on any atom is 0.295 e. The number of aliphatic hydroxyl groups excluding tert-OH is 1. The molecule has 1 amide bonds. The maximum absolute atomic E-state index is 13.2. The van der Waals surface area contributed by atoms with Gasteiger partial charge >= 0.3 is 0 Å². The number of aliphatic hydroxyl groups is 1. The lowest BCUT2D eigenvalue weighted by Crippen LogP contribution is -2.35. The molecule has 2 atom stereocenters. The van der Waals surface area contributed by atoms with Gasteiger partial charge in [-0.05, 0) is 68.9 Å². The van der Waals surface area contributed by atoms with Gasteiger partial charge in [-0.1, -0.05) is 19.1 Å². The van der Waals surface area contributed by atoms with Gasteiger partial charge in [-0.2, -0.15) is 0 Å². The lowest BCUT2D eigenvalue weighted by molar-refractivity contribution is -0.140. The minimum Gasteiger partial charge on any atom is -0.507 e. The van der Waals surface area contributed by atoms with Crippen LogP contribution < -0.4 is 9.47 Å². The molecule has 0 aliphatic carbocycles. The van der Waals surface area contributed by atoms with E-state index in [2.05, 4.69) is 0 Å². The van der Waals surface area contributed by atoms with Crippen molar-refractivity contribution in [3.63, 3.8) is 0 Å². The van der Waals surface area contributed by atoms with Gasteiger partial charge in [-0.25, -0.2) is 0 Å². The maximum atomic E-state index is 13.2. The normalized spacial score (nSPS) is 21.1. The number of amides is 1. The minimum absolute atomic E-state index is 0.0647. The molecule has 0 bridgehead atoms. The molecule has 0 radical (unpaired) electrons. The number of hydrogen-bond acceptors (Lipinski definition) is 6. The van der Waals surface area contributed by atoms with E-state index in [1.54, 1.807) is 11.0 Å². The number of ketones is 1. The summed E-state index contributed by atoms with van der Waals surface area (Å²) in [4.78, 5) is 29.8. The Balaban J connectivity index is 1.80. The summed E-state index contributed by atoms with van der Waals surface area (Å²) in [6.45, 7) is 5.53. The van der Waals surface area contributed by atoms with Crippen molar-refractivity contribution in [2.45, 2.75) is 38.8 Å². The third-order valence-corrected chi connectivity index (χ3v) is 6.14. The molecule has 2 aliphatic heterocycles. The van der Waals surface area contributed by atoms with Gasteiger partial charge in [0, 0.05) is 25.1 Å². The summed E-state index contributed by atoms with van der Waals surface area (Å²) in [6.07, 6.45) is 1.66. The third-order valence-electron chi connectivity index (χ3n) is 6.14. The predicted molar refractivity (Wildman–Crippen MR) is 130 cm³/mol. The highest BCUT2D eigenvalue weighted by Gasteiger charge is 2.46. The SMILES string of the molecule is CCCOc1cccc([C@H]2C(=C(O)c3ccc4c(c3)C[C@H](C)O4)C(=O)C(=O)N2CCN(C)C)c1. The molecule has 2 heterocycles. The summed E-state index contributed by atoms with van der Waals surface area (Å²) in [5, 5.41) is 11.3. The Hall–Kier alpha value is -3.32. The average Bonchev–Trinajstić information content (AvgIpc) is 3.31. The highest BCUT2D eigenvalue weighted by molar-refractivity contribution is 6.46. The fraction of sp³-hybridized carbons (Fsp3) is 0.407. The largest absolute Gasteiger partial charge is 0.507 e. The molecular formula is C27H32N2O5. The molecule has 2 aromatic carbocycles. The molecule has 0 unspecified atom stereocenters. The molecule has 1 N–H and O–H groups in total. The molecule has 0 spiro atoms. The quantitative estimate of drug-likeness (QED) is 0.364. The van der Waals surface area contributed by atoms with Crippen molar-refractivity contribution >= 4 is 17.4 Å². The Morgan fingerprint density at radius 2 is 2.00 bits per heavy atom. The van der Waals surface area contributed by atoms with Crippen LogP contribution >= 0.6 is 0 Å². The van der Waals surface area contributed by atoms with E-state index >= 15 is 0 Å². The van der Waals surface area contributed by atoms with Gasteiger partial charge in [0.25, 0.3) is 11.7 Å². The van der Waals surface area contributed by atoms with Crippen LogP contribution in [0.2, 0.25) is 0 Å². The summed E-state index contributed by atoms with van der Waals surface area (Å²) in [5.41, 5.74) is 2.31. The van der Waals surface area contributed by atoms with E-state index < -0.39 is 17.7 Å². The summed E-state index contributed by atoms with van der Waals surface area (Å²) in [7, 11) is 3.83. The Kier molecular flexibility index (Phi) is 6.93. The number of rotatable bonds is 8. The molecule has 4 rings (SSSR count). The number of Topliss-reactive ketones (excluding diaryl/α,β-unsaturated/α-hetero) is 1.